The normalized spacial score (nSPS) is 15.8. The van der Waals surface area contributed by atoms with Gasteiger partial charge in [0.25, 0.3) is 0 Å². The molecule has 0 unspecified atom stereocenters. The molecule has 140 valence electrons. The molecule has 1 fully saturated rings. The number of pyridine rings is 1. The third kappa shape index (κ3) is 5.11. The first kappa shape index (κ1) is 18.5. The van der Waals surface area contributed by atoms with Crippen LogP contribution in [0.25, 0.3) is 0 Å². The maximum Gasteiger partial charge on any atom is 0.213 e. The van der Waals surface area contributed by atoms with Crippen LogP contribution in [0.4, 0.5) is 5.00 Å². The first-order valence-corrected chi connectivity index (χ1v) is 10.00. The number of hydrogen-bond acceptors (Lipinski definition) is 5. The predicted molar refractivity (Wildman–Crippen MR) is 108 cm³/mol. The SMILES string of the molecule is CCOc1cc(CNC(=NC)NC2CCN(c3cccs3)CC2)ccn1. The number of nitrogens with zero attached hydrogens (tertiary/aromatic N) is 3. The maximum atomic E-state index is 5.45. The lowest BCUT2D eigenvalue weighted by Gasteiger charge is -2.33. The van der Waals surface area contributed by atoms with Gasteiger partial charge in [0.1, 0.15) is 0 Å². The van der Waals surface area contributed by atoms with E-state index in [1.165, 1.54) is 5.00 Å². The molecule has 0 spiro atoms. The van der Waals surface area contributed by atoms with E-state index in [0.717, 1.165) is 37.5 Å². The zero-order valence-corrected chi connectivity index (χ0v) is 16.3. The first-order chi connectivity index (χ1) is 12.8. The van der Waals surface area contributed by atoms with Gasteiger partial charge >= 0.3 is 0 Å². The third-order valence-corrected chi connectivity index (χ3v) is 5.36. The van der Waals surface area contributed by atoms with Crippen LogP contribution in [0.1, 0.15) is 25.3 Å². The molecule has 7 heteroatoms. The lowest BCUT2D eigenvalue weighted by atomic mass is 10.1. The number of aromatic nitrogens is 1. The Hall–Kier alpha value is -2.28. The van der Waals surface area contributed by atoms with Crippen LogP contribution >= 0.6 is 11.3 Å². The lowest BCUT2D eigenvalue weighted by Crippen LogP contribution is -2.48. The highest BCUT2D eigenvalue weighted by molar-refractivity contribution is 7.14. The fraction of sp³-hybridized carbons (Fsp3) is 0.474. The Morgan fingerprint density at radius 3 is 2.92 bits per heavy atom. The quantitative estimate of drug-likeness (QED) is 0.602. The number of rotatable bonds is 6. The molecule has 1 aliphatic rings. The van der Waals surface area contributed by atoms with Crippen molar-refractivity contribution in [3.8, 4) is 5.88 Å². The first-order valence-electron chi connectivity index (χ1n) is 9.12. The van der Waals surface area contributed by atoms with Crippen LogP contribution in [0.5, 0.6) is 5.88 Å². The predicted octanol–water partition coefficient (Wildman–Crippen LogP) is 2.88. The highest BCUT2D eigenvalue weighted by atomic mass is 32.1. The standard InChI is InChI=1S/C19H27N5OS/c1-3-25-17-13-15(6-9-21-17)14-22-19(20-2)23-16-7-10-24(11-8-16)18-5-4-12-26-18/h4-6,9,12-13,16H,3,7-8,10-11,14H2,1-2H3,(H2,20,22,23). The van der Waals surface area contributed by atoms with Gasteiger partial charge in [0.2, 0.25) is 5.88 Å². The molecular formula is C19H27N5OS. The minimum absolute atomic E-state index is 0.453. The summed E-state index contributed by atoms with van der Waals surface area (Å²) in [6.07, 6.45) is 4.00. The molecular weight excluding hydrogens is 346 g/mol. The molecule has 1 aliphatic heterocycles. The zero-order valence-electron chi connectivity index (χ0n) is 15.4. The van der Waals surface area contributed by atoms with E-state index in [0.29, 0.717) is 25.1 Å². The average molecular weight is 374 g/mol. The Balaban J connectivity index is 1.46. The Bertz CT molecular complexity index is 696. The highest BCUT2D eigenvalue weighted by Gasteiger charge is 2.20. The van der Waals surface area contributed by atoms with Gasteiger partial charge in [0.05, 0.1) is 11.6 Å². The topological polar surface area (TPSA) is 61.8 Å². The molecule has 0 saturated carbocycles. The van der Waals surface area contributed by atoms with Gasteiger partial charge in [-0.25, -0.2) is 4.98 Å². The number of aliphatic imine (C=N–C) groups is 1. The molecule has 0 bridgehead atoms. The minimum atomic E-state index is 0.453. The molecule has 0 aliphatic carbocycles. The smallest absolute Gasteiger partial charge is 0.213 e. The summed E-state index contributed by atoms with van der Waals surface area (Å²) in [7, 11) is 1.81. The summed E-state index contributed by atoms with van der Waals surface area (Å²) in [4.78, 5) is 11.0. The van der Waals surface area contributed by atoms with Crippen LogP contribution in [-0.2, 0) is 6.54 Å². The van der Waals surface area contributed by atoms with Crippen LogP contribution < -0.4 is 20.3 Å². The molecule has 1 saturated heterocycles. The van der Waals surface area contributed by atoms with E-state index in [2.05, 4.69) is 43.0 Å². The molecule has 0 aromatic carbocycles. The van der Waals surface area contributed by atoms with Gasteiger partial charge in [0, 0.05) is 45.0 Å². The van der Waals surface area contributed by atoms with Gasteiger partial charge in [0.15, 0.2) is 5.96 Å². The summed E-state index contributed by atoms with van der Waals surface area (Å²) < 4.78 is 5.45. The summed E-state index contributed by atoms with van der Waals surface area (Å²) >= 11 is 1.81. The van der Waals surface area contributed by atoms with E-state index in [-0.39, 0.29) is 0 Å². The van der Waals surface area contributed by atoms with Gasteiger partial charge in [-0.1, -0.05) is 0 Å². The van der Waals surface area contributed by atoms with Crippen molar-refractivity contribution in [3.63, 3.8) is 0 Å². The zero-order chi connectivity index (χ0) is 18.2. The van der Waals surface area contributed by atoms with Crippen LogP contribution in [0.3, 0.4) is 0 Å². The minimum Gasteiger partial charge on any atom is -0.478 e. The molecule has 3 rings (SSSR count). The molecule has 26 heavy (non-hydrogen) atoms. The van der Waals surface area contributed by atoms with E-state index in [1.807, 2.05) is 37.4 Å². The summed E-state index contributed by atoms with van der Waals surface area (Å²) in [6.45, 7) is 5.43. The number of nitrogens with one attached hydrogen (secondary N) is 2. The van der Waals surface area contributed by atoms with Gasteiger partial charge < -0.3 is 20.3 Å². The number of guanidine groups is 1. The van der Waals surface area contributed by atoms with Crippen molar-refractivity contribution in [3.05, 3.63) is 41.4 Å². The van der Waals surface area contributed by atoms with Gasteiger partial charge in [-0.05, 0) is 48.9 Å². The summed E-state index contributed by atoms with van der Waals surface area (Å²) in [5.41, 5.74) is 1.12. The molecule has 2 aromatic rings. The second-order valence-corrected chi connectivity index (χ2v) is 7.14. The monoisotopic (exact) mass is 373 g/mol. The molecule has 0 amide bonds. The van der Waals surface area contributed by atoms with Crippen molar-refractivity contribution in [1.29, 1.82) is 0 Å². The number of anilines is 1. The summed E-state index contributed by atoms with van der Waals surface area (Å²) in [5, 5.41) is 10.4. The van der Waals surface area contributed by atoms with Gasteiger partial charge in [-0.2, -0.15) is 0 Å². The Morgan fingerprint density at radius 1 is 1.38 bits per heavy atom. The van der Waals surface area contributed by atoms with Crippen LogP contribution in [0.15, 0.2) is 40.8 Å². The molecule has 0 atom stereocenters. The molecule has 6 nitrogen and oxygen atoms in total. The van der Waals surface area contributed by atoms with Gasteiger partial charge in [-0.15, -0.1) is 11.3 Å². The fourth-order valence-corrected chi connectivity index (χ4v) is 3.84. The van der Waals surface area contributed by atoms with Crippen LogP contribution in [0.2, 0.25) is 0 Å². The lowest BCUT2D eigenvalue weighted by molar-refractivity contribution is 0.326. The van der Waals surface area contributed by atoms with Crippen LogP contribution in [0, 0.1) is 0 Å². The number of ether oxygens (including phenoxy) is 1. The second-order valence-electron chi connectivity index (χ2n) is 6.22. The number of thiophene rings is 1. The van der Waals surface area contributed by atoms with Crippen molar-refractivity contribution in [1.82, 2.24) is 15.6 Å². The number of hydrogen-bond donors (Lipinski definition) is 2. The number of piperidine rings is 1. The van der Waals surface area contributed by atoms with Crippen molar-refractivity contribution in [2.75, 3.05) is 31.6 Å². The fourth-order valence-electron chi connectivity index (χ4n) is 3.06. The molecule has 2 aromatic heterocycles. The summed E-state index contributed by atoms with van der Waals surface area (Å²) in [6, 6.07) is 8.72. The average Bonchev–Trinajstić information content (AvgIpc) is 3.21. The van der Waals surface area contributed by atoms with Crippen molar-refractivity contribution in [2.45, 2.75) is 32.4 Å². The largest absolute Gasteiger partial charge is 0.478 e. The van der Waals surface area contributed by atoms with E-state index in [4.69, 9.17) is 4.74 Å². The van der Waals surface area contributed by atoms with E-state index >= 15 is 0 Å². The third-order valence-electron chi connectivity index (χ3n) is 4.43. The summed E-state index contributed by atoms with van der Waals surface area (Å²) in [5.74, 6) is 1.50. The van der Waals surface area contributed by atoms with Gasteiger partial charge in [-0.3, -0.25) is 4.99 Å². The Morgan fingerprint density at radius 2 is 2.23 bits per heavy atom. The van der Waals surface area contributed by atoms with Crippen molar-refractivity contribution >= 4 is 22.3 Å². The van der Waals surface area contributed by atoms with Crippen LogP contribution in [-0.4, -0.2) is 43.7 Å². The molecule has 3 heterocycles. The molecule has 0 radical (unpaired) electrons. The second kappa shape index (κ2) is 9.43. The highest BCUT2D eigenvalue weighted by Crippen LogP contribution is 2.24. The van der Waals surface area contributed by atoms with E-state index < -0.39 is 0 Å². The maximum absolute atomic E-state index is 5.45. The Labute approximate surface area is 159 Å². The molecule has 2 N–H and O–H groups in total. The van der Waals surface area contributed by atoms with E-state index in [1.54, 1.807) is 6.20 Å². The van der Waals surface area contributed by atoms with Crippen molar-refractivity contribution in [2.24, 2.45) is 4.99 Å². The Kier molecular flexibility index (Phi) is 6.71. The van der Waals surface area contributed by atoms with Crippen molar-refractivity contribution < 1.29 is 4.74 Å². The van der Waals surface area contributed by atoms with E-state index in [9.17, 15) is 0 Å².